The number of halogens is 1. The van der Waals surface area contributed by atoms with Crippen LogP contribution in [0.2, 0.25) is 0 Å². The molecule has 0 aliphatic rings. The number of rotatable bonds is 3. The smallest absolute Gasteiger partial charge is 0.231 e. The molecule has 0 radical (unpaired) electrons. The molecule has 0 spiro atoms. The van der Waals surface area contributed by atoms with Gasteiger partial charge in [0.15, 0.2) is 0 Å². The fourth-order valence-electron chi connectivity index (χ4n) is 0.792. The molecule has 0 fully saturated rings. The van der Waals surface area contributed by atoms with E-state index >= 15 is 0 Å². The van der Waals surface area contributed by atoms with Gasteiger partial charge < -0.3 is 9.88 Å². The van der Waals surface area contributed by atoms with E-state index in [1.54, 1.807) is 6.20 Å². The first-order valence-electron chi connectivity index (χ1n) is 3.53. The van der Waals surface area contributed by atoms with E-state index in [2.05, 4.69) is 26.2 Å². The molecule has 1 rings (SSSR count). The van der Waals surface area contributed by atoms with Gasteiger partial charge in [0.1, 0.15) is 5.82 Å². The van der Waals surface area contributed by atoms with Gasteiger partial charge >= 0.3 is 0 Å². The molecule has 0 unspecified atom stereocenters. The van der Waals surface area contributed by atoms with Gasteiger partial charge in [0.2, 0.25) is 5.91 Å². The highest BCUT2D eigenvalue weighted by Gasteiger charge is 2.00. The summed E-state index contributed by atoms with van der Waals surface area (Å²) in [5.74, 6) is 0.822. The molecule has 1 aromatic heterocycles. The third-order valence-electron chi connectivity index (χ3n) is 1.49. The standard InChI is InChI=1S/C7H10BrN3O/c1-11-3-2-9-6(11)5-10-7(12)4-8/h2-3H,4-5H2,1H3,(H,10,12). The van der Waals surface area contributed by atoms with Gasteiger partial charge in [-0.3, -0.25) is 4.79 Å². The molecule has 0 aliphatic heterocycles. The summed E-state index contributed by atoms with van der Waals surface area (Å²) < 4.78 is 1.87. The molecular weight excluding hydrogens is 222 g/mol. The average Bonchev–Trinajstić information content (AvgIpc) is 2.47. The van der Waals surface area contributed by atoms with Crippen molar-refractivity contribution in [3.8, 4) is 0 Å². The van der Waals surface area contributed by atoms with Gasteiger partial charge in [0.25, 0.3) is 0 Å². The Labute approximate surface area is 79.1 Å². The van der Waals surface area contributed by atoms with Crippen LogP contribution in [0.4, 0.5) is 0 Å². The lowest BCUT2D eigenvalue weighted by atomic mass is 10.5. The Morgan fingerprint density at radius 3 is 3.08 bits per heavy atom. The molecule has 0 atom stereocenters. The summed E-state index contributed by atoms with van der Waals surface area (Å²) in [7, 11) is 1.89. The summed E-state index contributed by atoms with van der Waals surface area (Å²) in [6, 6.07) is 0. The number of aryl methyl sites for hydroxylation is 1. The van der Waals surface area contributed by atoms with Crippen LogP contribution in [-0.2, 0) is 18.4 Å². The fraction of sp³-hybridized carbons (Fsp3) is 0.429. The summed E-state index contributed by atoms with van der Waals surface area (Å²) in [5, 5.41) is 3.04. The highest BCUT2D eigenvalue weighted by molar-refractivity contribution is 9.09. The van der Waals surface area contributed by atoms with Crippen molar-refractivity contribution in [1.82, 2.24) is 14.9 Å². The molecule has 0 aromatic carbocycles. The van der Waals surface area contributed by atoms with Crippen molar-refractivity contribution in [3.05, 3.63) is 18.2 Å². The van der Waals surface area contributed by atoms with E-state index in [0.29, 0.717) is 11.9 Å². The number of aromatic nitrogens is 2. The largest absolute Gasteiger partial charge is 0.348 e. The molecular formula is C7H10BrN3O. The Morgan fingerprint density at radius 1 is 1.83 bits per heavy atom. The Bertz CT molecular complexity index is 271. The van der Waals surface area contributed by atoms with Gasteiger partial charge in [0.05, 0.1) is 11.9 Å². The number of amides is 1. The van der Waals surface area contributed by atoms with Gasteiger partial charge in [0, 0.05) is 19.4 Å². The van der Waals surface area contributed by atoms with Crippen molar-refractivity contribution in [1.29, 1.82) is 0 Å². The van der Waals surface area contributed by atoms with Crippen LogP contribution in [0.5, 0.6) is 0 Å². The number of carbonyl (C=O) groups is 1. The van der Waals surface area contributed by atoms with E-state index in [1.807, 2.05) is 17.8 Å². The lowest BCUT2D eigenvalue weighted by Crippen LogP contribution is -2.24. The van der Waals surface area contributed by atoms with E-state index in [9.17, 15) is 4.79 Å². The van der Waals surface area contributed by atoms with Crippen LogP contribution in [0.3, 0.4) is 0 Å². The minimum absolute atomic E-state index is 0.0296. The lowest BCUT2D eigenvalue weighted by molar-refractivity contribution is -0.118. The average molecular weight is 232 g/mol. The molecule has 12 heavy (non-hydrogen) atoms. The number of carbonyl (C=O) groups excluding carboxylic acids is 1. The van der Waals surface area contributed by atoms with Crippen LogP contribution in [-0.4, -0.2) is 20.8 Å². The Balaban J connectivity index is 2.43. The number of hydrogen-bond donors (Lipinski definition) is 1. The molecule has 0 bridgehead atoms. The van der Waals surface area contributed by atoms with Gasteiger partial charge in [-0.05, 0) is 0 Å². The van der Waals surface area contributed by atoms with Crippen molar-refractivity contribution < 1.29 is 4.79 Å². The zero-order valence-corrected chi connectivity index (χ0v) is 8.34. The molecule has 0 aliphatic carbocycles. The van der Waals surface area contributed by atoms with Gasteiger partial charge in [-0.1, -0.05) is 15.9 Å². The van der Waals surface area contributed by atoms with Gasteiger partial charge in [-0.15, -0.1) is 0 Å². The van der Waals surface area contributed by atoms with E-state index in [-0.39, 0.29) is 5.91 Å². The summed E-state index contributed by atoms with van der Waals surface area (Å²) in [6.07, 6.45) is 3.55. The second-order valence-electron chi connectivity index (χ2n) is 2.36. The zero-order valence-electron chi connectivity index (χ0n) is 6.75. The second-order valence-corrected chi connectivity index (χ2v) is 2.93. The SMILES string of the molecule is Cn1ccnc1CNC(=O)CBr. The maximum Gasteiger partial charge on any atom is 0.231 e. The predicted octanol–water partition coefficient (Wildman–Crippen LogP) is 0.431. The van der Waals surface area contributed by atoms with Gasteiger partial charge in [-0.2, -0.15) is 0 Å². The molecule has 0 saturated carbocycles. The van der Waals surface area contributed by atoms with Crippen LogP contribution < -0.4 is 5.32 Å². The maximum absolute atomic E-state index is 10.8. The minimum Gasteiger partial charge on any atom is -0.348 e. The minimum atomic E-state index is -0.0296. The number of imidazole rings is 1. The third kappa shape index (κ3) is 2.34. The molecule has 1 N–H and O–H groups in total. The van der Waals surface area contributed by atoms with E-state index in [4.69, 9.17) is 0 Å². The van der Waals surface area contributed by atoms with Crippen molar-refractivity contribution >= 4 is 21.8 Å². The van der Waals surface area contributed by atoms with Crippen LogP contribution in [0.25, 0.3) is 0 Å². The summed E-state index contributed by atoms with van der Waals surface area (Å²) in [4.78, 5) is 14.9. The monoisotopic (exact) mass is 231 g/mol. The summed E-state index contributed by atoms with van der Waals surface area (Å²) >= 11 is 3.06. The van der Waals surface area contributed by atoms with E-state index in [1.165, 1.54) is 0 Å². The molecule has 0 saturated heterocycles. The highest BCUT2D eigenvalue weighted by Crippen LogP contribution is 1.92. The first-order chi connectivity index (χ1) is 5.74. The lowest BCUT2D eigenvalue weighted by Gasteiger charge is -2.02. The van der Waals surface area contributed by atoms with Gasteiger partial charge in [-0.25, -0.2) is 4.98 Å². The number of nitrogens with one attached hydrogen (secondary N) is 1. The van der Waals surface area contributed by atoms with Crippen LogP contribution in [0.15, 0.2) is 12.4 Å². The molecule has 5 heteroatoms. The third-order valence-corrected chi connectivity index (χ3v) is 2.00. The van der Waals surface area contributed by atoms with Crippen molar-refractivity contribution in [2.24, 2.45) is 7.05 Å². The molecule has 4 nitrogen and oxygen atoms in total. The second kappa shape index (κ2) is 4.25. The molecule has 66 valence electrons. The topological polar surface area (TPSA) is 46.9 Å². The quantitative estimate of drug-likeness (QED) is 0.768. The fourth-order valence-corrected chi connectivity index (χ4v) is 0.990. The Morgan fingerprint density at radius 2 is 2.58 bits per heavy atom. The van der Waals surface area contributed by atoms with Crippen molar-refractivity contribution in [2.75, 3.05) is 5.33 Å². The summed E-state index contributed by atoms with van der Waals surface area (Å²) in [6.45, 7) is 0.480. The Kier molecular flexibility index (Phi) is 3.28. The van der Waals surface area contributed by atoms with Crippen molar-refractivity contribution in [3.63, 3.8) is 0 Å². The number of alkyl halides is 1. The molecule has 1 amide bonds. The van der Waals surface area contributed by atoms with Crippen LogP contribution in [0, 0.1) is 0 Å². The maximum atomic E-state index is 10.8. The highest BCUT2D eigenvalue weighted by atomic mass is 79.9. The number of nitrogens with zero attached hydrogens (tertiary/aromatic N) is 2. The van der Waals surface area contributed by atoms with Crippen LogP contribution in [0.1, 0.15) is 5.82 Å². The van der Waals surface area contributed by atoms with E-state index < -0.39 is 0 Å². The first-order valence-corrected chi connectivity index (χ1v) is 4.65. The van der Waals surface area contributed by atoms with Crippen molar-refractivity contribution in [2.45, 2.75) is 6.54 Å². The first kappa shape index (κ1) is 9.25. The molecule has 1 aromatic rings. The number of hydrogen-bond acceptors (Lipinski definition) is 2. The zero-order chi connectivity index (χ0) is 8.97. The normalized spacial score (nSPS) is 9.83. The predicted molar refractivity (Wildman–Crippen MR) is 48.8 cm³/mol. The molecule has 1 heterocycles. The van der Waals surface area contributed by atoms with Crippen LogP contribution >= 0.6 is 15.9 Å². The summed E-state index contributed by atoms with van der Waals surface area (Å²) in [5.41, 5.74) is 0. The van der Waals surface area contributed by atoms with E-state index in [0.717, 1.165) is 5.82 Å². The Hall–Kier alpha value is -0.840.